The van der Waals surface area contributed by atoms with Gasteiger partial charge < -0.3 is 0 Å². The van der Waals surface area contributed by atoms with Gasteiger partial charge in [-0.05, 0) is 50.6 Å². The molecule has 0 amide bonds. The molecule has 0 saturated carbocycles. The first-order chi connectivity index (χ1) is 9.51. The maximum Gasteiger partial charge on any atom is 0.0432 e. The van der Waals surface area contributed by atoms with Crippen molar-refractivity contribution in [1.29, 1.82) is 0 Å². The molecule has 2 unspecified atom stereocenters. The van der Waals surface area contributed by atoms with Crippen molar-refractivity contribution in [2.45, 2.75) is 52.1 Å². The lowest BCUT2D eigenvalue weighted by Gasteiger charge is -2.45. The third-order valence-corrected chi connectivity index (χ3v) is 4.98. The normalized spacial score (nSPS) is 16.1. The van der Waals surface area contributed by atoms with Crippen molar-refractivity contribution < 1.29 is 0 Å². The lowest BCUT2D eigenvalue weighted by Crippen LogP contribution is -2.61. The highest BCUT2D eigenvalue weighted by Gasteiger charge is 2.36. The molecule has 3 nitrogen and oxygen atoms in total. The molecule has 1 aromatic rings. The van der Waals surface area contributed by atoms with Gasteiger partial charge in [-0.25, -0.2) is 0 Å². The molecule has 0 spiro atoms. The Labute approximate surface area is 132 Å². The van der Waals surface area contributed by atoms with Gasteiger partial charge in [0.05, 0.1) is 0 Å². The van der Waals surface area contributed by atoms with Crippen molar-refractivity contribution >= 4 is 15.9 Å². The zero-order valence-corrected chi connectivity index (χ0v) is 14.7. The number of nitrogens with two attached hydrogens (primary N) is 1. The van der Waals surface area contributed by atoms with Crippen LogP contribution in [-0.4, -0.2) is 29.6 Å². The van der Waals surface area contributed by atoms with E-state index in [1.54, 1.807) is 0 Å². The van der Waals surface area contributed by atoms with Gasteiger partial charge in [-0.15, -0.1) is 0 Å². The number of benzene rings is 1. The van der Waals surface area contributed by atoms with E-state index in [0.29, 0.717) is 0 Å². The molecule has 0 aliphatic rings. The van der Waals surface area contributed by atoms with E-state index in [-0.39, 0.29) is 11.6 Å². The average Bonchev–Trinajstić information content (AvgIpc) is 2.45. The molecule has 2 atom stereocenters. The largest absolute Gasteiger partial charge is 0.297 e. The second-order valence-electron chi connectivity index (χ2n) is 5.44. The highest BCUT2D eigenvalue weighted by molar-refractivity contribution is 9.10. The Bertz CT molecular complexity index is 406. The summed E-state index contributed by atoms with van der Waals surface area (Å²) in [6.45, 7) is 11.1. The third kappa shape index (κ3) is 4.04. The maximum absolute atomic E-state index is 5.88. The fraction of sp³-hybridized carbons (Fsp3) is 0.625. The molecule has 114 valence electrons. The van der Waals surface area contributed by atoms with Gasteiger partial charge in [0.1, 0.15) is 0 Å². The van der Waals surface area contributed by atoms with Gasteiger partial charge in [-0.1, -0.05) is 48.8 Å². The van der Waals surface area contributed by atoms with Gasteiger partial charge in [0.15, 0.2) is 0 Å². The first-order valence-electron chi connectivity index (χ1n) is 7.47. The number of nitrogens with one attached hydrogen (secondary N) is 1. The quantitative estimate of drug-likeness (QED) is 0.562. The summed E-state index contributed by atoms with van der Waals surface area (Å²) in [5.41, 5.74) is 4.41. The summed E-state index contributed by atoms with van der Waals surface area (Å²) in [5, 5.41) is 0. The van der Waals surface area contributed by atoms with Crippen LogP contribution in [0.2, 0.25) is 0 Å². The molecule has 20 heavy (non-hydrogen) atoms. The van der Waals surface area contributed by atoms with Crippen LogP contribution in [0.15, 0.2) is 28.7 Å². The van der Waals surface area contributed by atoms with Gasteiger partial charge in [0.2, 0.25) is 0 Å². The number of hydrogen-bond acceptors (Lipinski definition) is 3. The standard InChI is InChI=1S/C16H28BrN3/c1-5-16(4,20(6-2)7-3)15(19-18)12-13-9-8-10-14(17)11-13/h8-11,15,19H,5-7,12,18H2,1-4H3. The van der Waals surface area contributed by atoms with E-state index >= 15 is 0 Å². The molecule has 0 fully saturated rings. The van der Waals surface area contributed by atoms with Gasteiger partial charge in [-0.2, -0.15) is 0 Å². The van der Waals surface area contributed by atoms with E-state index < -0.39 is 0 Å². The van der Waals surface area contributed by atoms with Crippen molar-refractivity contribution in [3.63, 3.8) is 0 Å². The van der Waals surface area contributed by atoms with Crippen molar-refractivity contribution in [1.82, 2.24) is 10.3 Å². The number of likely N-dealkylation sites (N-methyl/N-ethyl adjacent to an activating group) is 1. The van der Waals surface area contributed by atoms with E-state index in [0.717, 1.165) is 30.4 Å². The van der Waals surface area contributed by atoms with Crippen molar-refractivity contribution in [3.05, 3.63) is 34.3 Å². The molecular formula is C16H28BrN3. The smallest absolute Gasteiger partial charge is 0.0432 e. The summed E-state index contributed by atoms with van der Waals surface area (Å²) in [7, 11) is 0. The van der Waals surface area contributed by atoms with E-state index in [1.165, 1.54) is 5.56 Å². The van der Waals surface area contributed by atoms with Crippen LogP contribution in [0.1, 0.15) is 39.7 Å². The van der Waals surface area contributed by atoms with Crippen LogP contribution in [0.25, 0.3) is 0 Å². The Hall–Kier alpha value is -0.420. The summed E-state index contributed by atoms with van der Waals surface area (Å²) in [4.78, 5) is 2.50. The Morgan fingerprint density at radius 3 is 2.40 bits per heavy atom. The highest BCUT2D eigenvalue weighted by Crippen LogP contribution is 2.26. The average molecular weight is 342 g/mol. The molecule has 1 rings (SSSR count). The minimum atomic E-state index is 0.0561. The molecule has 0 aliphatic heterocycles. The number of rotatable bonds is 8. The molecule has 0 radical (unpaired) electrons. The Morgan fingerprint density at radius 2 is 1.95 bits per heavy atom. The van der Waals surface area contributed by atoms with Crippen LogP contribution in [0.3, 0.4) is 0 Å². The van der Waals surface area contributed by atoms with Crippen LogP contribution >= 0.6 is 15.9 Å². The third-order valence-electron chi connectivity index (χ3n) is 4.48. The first-order valence-corrected chi connectivity index (χ1v) is 8.26. The minimum Gasteiger partial charge on any atom is -0.297 e. The van der Waals surface area contributed by atoms with Gasteiger partial charge in [0.25, 0.3) is 0 Å². The Kier molecular flexibility index (Phi) is 7.17. The maximum atomic E-state index is 5.88. The Morgan fingerprint density at radius 1 is 1.30 bits per heavy atom. The second kappa shape index (κ2) is 8.13. The number of hydrogen-bond donors (Lipinski definition) is 2. The van der Waals surface area contributed by atoms with E-state index in [9.17, 15) is 0 Å². The van der Waals surface area contributed by atoms with Gasteiger partial charge >= 0.3 is 0 Å². The Balaban J connectivity index is 2.97. The lowest BCUT2D eigenvalue weighted by atomic mass is 9.83. The molecule has 0 heterocycles. The summed E-state index contributed by atoms with van der Waals surface area (Å²) in [6.07, 6.45) is 1.99. The van der Waals surface area contributed by atoms with Crippen LogP contribution in [0.4, 0.5) is 0 Å². The predicted octanol–water partition coefficient (Wildman–Crippen LogP) is 3.33. The topological polar surface area (TPSA) is 41.3 Å². The van der Waals surface area contributed by atoms with E-state index in [2.05, 4.69) is 78.2 Å². The molecule has 0 saturated heterocycles. The molecule has 3 N–H and O–H groups in total. The molecule has 1 aromatic carbocycles. The second-order valence-corrected chi connectivity index (χ2v) is 6.35. The predicted molar refractivity (Wildman–Crippen MR) is 90.6 cm³/mol. The zero-order valence-electron chi connectivity index (χ0n) is 13.1. The summed E-state index contributed by atoms with van der Waals surface area (Å²) < 4.78 is 1.12. The summed E-state index contributed by atoms with van der Waals surface area (Å²) >= 11 is 3.54. The minimum absolute atomic E-state index is 0.0561. The van der Waals surface area contributed by atoms with Crippen molar-refractivity contribution in [2.75, 3.05) is 13.1 Å². The van der Waals surface area contributed by atoms with Crippen LogP contribution in [0.5, 0.6) is 0 Å². The summed E-state index contributed by atoms with van der Waals surface area (Å²) in [6, 6.07) is 8.68. The fourth-order valence-electron chi connectivity index (χ4n) is 2.99. The summed E-state index contributed by atoms with van der Waals surface area (Å²) in [5.74, 6) is 5.88. The molecule has 0 bridgehead atoms. The number of halogens is 1. The molecule has 0 aliphatic carbocycles. The van der Waals surface area contributed by atoms with Crippen molar-refractivity contribution in [2.24, 2.45) is 5.84 Å². The highest BCUT2D eigenvalue weighted by atomic mass is 79.9. The van der Waals surface area contributed by atoms with Crippen LogP contribution in [0, 0.1) is 0 Å². The van der Waals surface area contributed by atoms with E-state index in [1.807, 2.05) is 0 Å². The van der Waals surface area contributed by atoms with E-state index in [4.69, 9.17) is 5.84 Å². The van der Waals surface area contributed by atoms with Crippen LogP contribution in [-0.2, 0) is 6.42 Å². The SMILES string of the molecule is CCN(CC)C(C)(CC)C(Cc1cccc(Br)c1)NN. The molecule has 0 aromatic heterocycles. The zero-order chi connectivity index (χ0) is 15.2. The number of hydrazine groups is 1. The monoisotopic (exact) mass is 341 g/mol. The van der Waals surface area contributed by atoms with Crippen molar-refractivity contribution in [3.8, 4) is 0 Å². The first kappa shape index (κ1) is 17.6. The number of nitrogens with zero attached hydrogens (tertiary/aromatic N) is 1. The molecule has 4 heteroatoms. The van der Waals surface area contributed by atoms with Crippen LogP contribution < -0.4 is 11.3 Å². The molecular weight excluding hydrogens is 314 g/mol. The van der Waals surface area contributed by atoms with Gasteiger partial charge in [-0.3, -0.25) is 16.2 Å². The fourth-order valence-corrected chi connectivity index (χ4v) is 3.44. The van der Waals surface area contributed by atoms with Gasteiger partial charge in [0, 0.05) is 16.1 Å². The lowest BCUT2D eigenvalue weighted by molar-refractivity contribution is 0.0701.